The van der Waals surface area contributed by atoms with E-state index in [-0.39, 0.29) is 0 Å². The zero-order chi connectivity index (χ0) is 13.7. The van der Waals surface area contributed by atoms with Gasteiger partial charge in [0.1, 0.15) is 5.69 Å². The van der Waals surface area contributed by atoms with Crippen LogP contribution < -0.4 is 0 Å². The average Bonchev–Trinajstić information content (AvgIpc) is 2.39. The lowest BCUT2D eigenvalue weighted by atomic mass is 10.1. The number of aromatic nitrogens is 1. The molecule has 0 fully saturated rings. The van der Waals surface area contributed by atoms with E-state index >= 15 is 0 Å². The highest BCUT2D eigenvalue weighted by molar-refractivity contribution is 7.99. The minimum atomic E-state index is 0.790. The number of thioether (sulfide) groups is 1. The molecule has 0 amide bonds. The second-order valence-corrected chi connectivity index (χ2v) is 5.55. The topological polar surface area (TPSA) is 12.9 Å². The van der Waals surface area contributed by atoms with Crippen LogP contribution in [0.3, 0.4) is 0 Å². The van der Waals surface area contributed by atoms with Gasteiger partial charge in [-0.2, -0.15) is 0 Å². The Labute approximate surface area is 119 Å². The van der Waals surface area contributed by atoms with Crippen molar-refractivity contribution in [3.63, 3.8) is 0 Å². The minimum Gasteiger partial charge on any atom is -0.245 e. The van der Waals surface area contributed by atoms with Gasteiger partial charge in [0.25, 0.3) is 0 Å². The number of hydrogen-bond donors (Lipinski definition) is 0. The Morgan fingerprint density at radius 3 is 2.63 bits per heavy atom. The molecule has 0 atom stereocenters. The molecule has 19 heavy (non-hydrogen) atoms. The highest BCUT2D eigenvalue weighted by Crippen LogP contribution is 2.20. The van der Waals surface area contributed by atoms with E-state index in [2.05, 4.69) is 48.9 Å². The Hall–Kier alpha value is -1.72. The predicted molar refractivity (Wildman–Crippen MR) is 82.5 cm³/mol. The summed E-state index contributed by atoms with van der Waals surface area (Å²) in [7, 11) is 0. The van der Waals surface area contributed by atoms with Gasteiger partial charge in [0.15, 0.2) is 0 Å². The molecule has 2 rings (SSSR count). The van der Waals surface area contributed by atoms with Gasteiger partial charge in [-0.05, 0) is 62.1 Å². The molecule has 1 nitrogen and oxygen atoms in total. The van der Waals surface area contributed by atoms with Gasteiger partial charge in [0.2, 0.25) is 0 Å². The quantitative estimate of drug-likeness (QED) is 0.599. The fraction of sp³-hybridized carbons (Fsp3) is 0.235. The van der Waals surface area contributed by atoms with Crippen LogP contribution >= 0.6 is 11.8 Å². The fourth-order valence-corrected chi connectivity index (χ4v) is 2.40. The second kappa shape index (κ2) is 6.45. The SMILES string of the molecule is Cc1cccc(C#CCSc2ccc(C)c(C)c2)n1. The molecule has 2 heteroatoms. The van der Waals surface area contributed by atoms with Crippen molar-refractivity contribution in [2.24, 2.45) is 0 Å². The molecule has 1 aromatic heterocycles. The summed E-state index contributed by atoms with van der Waals surface area (Å²) in [5.41, 5.74) is 4.52. The van der Waals surface area contributed by atoms with Gasteiger partial charge >= 0.3 is 0 Å². The van der Waals surface area contributed by atoms with Gasteiger partial charge in [-0.25, -0.2) is 4.98 Å². The van der Waals surface area contributed by atoms with Crippen LogP contribution in [-0.4, -0.2) is 10.7 Å². The predicted octanol–water partition coefficient (Wildman–Crippen LogP) is 4.15. The summed E-state index contributed by atoms with van der Waals surface area (Å²) < 4.78 is 0. The van der Waals surface area contributed by atoms with Crippen LogP contribution in [0.5, 0.6) is 0 Å². The summed E-state index contributed by atoms with van der Waals surface area (Å²) in [6, 6.07) is 12.4. The Morgan fingerprint density at radius 2 is 1.89 bits per heavy atom. The Bertz CT molecular complexity index is 635. The summed E-state index contributed by atoms with van der Waals surface area (Å²) in [5, 5.41) is 0. The fourth-order valence-electron chi connectivity index (χ4n) is 1.66. The van der Waals surface area contributed by atoms with Crippen molar-refractivity contribution in [1.82, 2.24) is 4.98 Å². The molecule has 96 valence electrons. The third-order valence-corrected chi connectivity index (χ3v) is 3.77. The number of benzene rings is 1. The van der Waals surface area contributed by atoms with E-state index in [1.807, 2.05) is 25.1 Å². The molecule has 0 aliphatic heterocycles. The molecule has 2 aromatic rings. The molecule has 0 radical (unpaired) electrons. The molecule has 0 aliphatic rings. The van der Waals surface area contributed by atoms with Gasteiger partial charge < -0.3 is 0 Å². The van der Waals surface area contributed by atoms with Crippen LogP contribution in [0, 0.1) is 32.6 Å². The summed E-state index contributed by atoms with van der Waals surface area (Å²) in [6.07, 6.45) is 0. The van der Waals surface area contributed by atoms with E-state index in [9.17, 15) is 0 Å². The zero-order valence-electron chi connectivity index (χ0n) is 11.5. The molecule has 1 aromatic carbocycles. The second-order valence-electron chi connectivity index (χ2n) is 4.50. The smallest absolute Gasteiger partial charge is 0.113 e. The molecule has 0 saturated carbocycles. The van der Waals surface area contributed by atoms with Gasteiger partial charge in [0.05, 0.1) is 5.75 Å². The van der Waals surface area contributed by atoms with Crippen molar-refractivity contribution >= 4 is 11.8 Å². The van der Waals surface area contributed by atoms with Gasteiger partial charge in [-0.1, -0.05) is 18.1 Å². The van der Waals surface area contributed by atoms with E-state index in [1.54, 1.807) is 11.8 Å². The minimum absolute atomic E-state index is 0.790. The van der Waals surface area contributed by atoms with Crippen LogP contribution in [0.15, 0.2) is 41.3 Å². The lowest BCUT2D eigenvalue weighted by molar-refractivity contribution is 1.18. The monoisotopic (exact) mass is 267 g/mol. The molecule has 0 saturated heterocycles. The van der Waals surface area contributed by atoms with Crippen LogP contribution in [-0.2, 0) is 0 Å². The number of nitrogens with zero attached hydrogens (tertiary/aromatic N) is 1. The maximum Gasteiger partial charge on any atom is 0.113 e. The van der Waals surface area contributed by atoms with E-state index in [4.69, 9.17) is 0 Å². The van der Waals surface area contributed by atoms with Gasteiger partial charge in [-0.15, -0.1) is 11.8 Å². The Kier molecular flexibility index (Phi) is 4.65. The van der Waals surface area contributed by atoms with Crippen LogP contribution in [0.2, 0.25) is 0 Å². The van der Waals surface area contributed by atoms with Crippen molar-refractivity contribution in [3.8, 4) is 11.8 Å². The van der Waals surface area contributed by atoms with E-state index < -0.39 is 0 Å². The molecule has 0 spiro atoms. The standard InChI is InChI=1S/C17H17NS/c1-13-9-10-17(12-14(13)2)19-11-5-8-16-7-4-6-15(3)18-16/h4,6-7,9-10,12H,11H2,1-3H3. The van der Waals surface area contributed by atoms with E-state index in [1.165, 1.54) is 16.0 Å². The van der Waals surface area contributed by atoms with Crippen LogP contribution in [0.4, 0.5) is 0 Å². The first-order valence-corrected chi connectivity index (χ1v) is 7.26. The molecular weight excluding hydrogens is 250 g/mol. The van der Waals surface area contributed by atoms with Crippen molar-refractivity contribution < 1.29 is 0 Å². The van der Waals surface area contributed by atoms with Crippen LogP contribution in [0.1, 0.15) is 22.5 Å². The average molecular weight is 267 g/mol. The maximum atomic E-state index is 4.36. The lowest BCUT2D eigenvalue weighted by Crippen LogP contribution is -1.85. The third kappa shape index (κ3) is 4.15. The first kappa shape index (κ1) is 13.7. The molecule has 0 N–H and O–H groups in total. The number of pyridine rings is 1. The molecular formula is C17H17NS. The number of aryl methyl sites for hydroxylation is 3. The first-order valence-electron chi connectivity index (χ1n) is 6.28. The molecule has 1 heterocycles. The number of rotatable bonds is 2. The van der Waals surface area contributed by atoms with E-state index in [0.717, 1.165) is 17.1 Å². The Morgan fingerprint density at radius 1 is 1.05 bits per heavy atom. The molecule has 0 bridgehead atoms. The number of hydrogen-bond acceptors (Lipinski definition) is 2. The summed E-state index contributed by atoms with van der Waals surface area (Å²) in [4.78, 5) is 5.63. The first-order chi connectivity index (χ1) is 9.15. The largest absolute Gasteiger partial charge is 0.245 e. The highest BCUT2D eigenvalue weighted by atomic mass is 32.2. The molecule has 0 aliphatic carbocycles. The summed E-state index contributed by atoms with van der Waals surface area (Å²) >= 11 is 1.77. The van der Waals surface area contributed by atoms with Crippen molar-refractivity contribution in [2.75, 3.05) is 5.75 Å². The molecule has 0 unspecified atom stereocenters. The normalized spacial score (nSPS) is 9.84. The maximum absolute atomic E-state index is 4.36. The van der Waals surface area contributed by atoms with Crippen LogP contribution in [0.25, 0.3) is 0 Å². The van der Waals surface area contributed by atoms with Crippen molar-refractivity contribution in [1.29, 1.82) is 0 Å². The van der Waals surface area contributed by atoms with Gasteiger partial charge in [0, 0.05) is 10.6 Å². The van der Waals surface area contributed by atoms with Crippen molar-refractivity contribution in [3.05, 3.63) is 58.9 Å². The zero-order valence-corrected chi connectivity index (χ0v) is 12.3. The highest BCUT2D eigenvalue weighted by Gasteiger charge is 1.96. The van der Waals surface area contributed by atoms with Gasteiger partial charge in [-0.3, -0.25) is 0 Å². The Balaban J connectivity index is 1.95. The third-order valence-electron chi connectivity index (χ3n) is 2.89. The van der Waals surface area contributed by atoms with Crippen molar-refractivity contribution in [2.45, 2.75) is 25.7 Å². The lowest BCUT2D eigenvalue weighted by Gasteiger charge is -2.02. The van der Waals surface area contributed by atoms with E-state index in [0.29, 0.717) is 0 Å². The summed E-state index contributed by atoms with van der Waals surface area (Å²) in [6.45, 7) is 6.25. The summed E-state index contributed by atoms with van der Waals surface area (Å²) in [5.74, 6) is 7.05.